The van der Waals surface area contributed by atoms with Gasteiger partial charge in [0.2, 0.25) is 0 Å². The van der Waals surface area contributed by atoms with Gasteiger partial charge in [0.15, 0.2) is 5.76 Å². The molecule has 1 fully saturated rings. The third-order valence-corrected chi connectivity index (χ3v) is 6.56. The summed E-state index contributed by atoms with van der Waals surface area (Å²) in [5, 5.41) is 6.36. The van der Waals surface area contributed by atoms with Gasteiger partial charge in [-0.15, -0.1) is 11.3 Å². The van der Waals surface area contributed by atoms with E-state index in [2.05, 4.69) is 40.5 Å². The lowest BCUT2D eigenvalue weighted by Crippen LogP contribution is -2.44. The summed E-state index contributed by atoms with van der Waals surface area (Å²) >= 11 is 1.24. The van der Waals surface area contributed by atoms with Gasteiger partial charge in [0.25, 0.3) is 11.8 Å². The van der Waals surface area contributed by atoms with E-state index in [0.29, 0.717) is 9.88 Å². The zero-order valence-electron chi connectivity index (χ0n) is 17.9. The van der Waals surface area contributed by atoms with E-state index < -0.39 is 0 Å². The van der Waals surface area contributed by atoms with Gasteiger partial charge in [-0.1, -0.05) is 0 Å². The van der Waals surface area contributed by atoms with Gasteiger partial charge in [0.05, 0.1) is 16.1 Å². The number of furan rings is 1. The molecule has 3 aromatic rings. The van der Waals surface area contributed by atoms with Crippen LogP contribution in [0.1, 0.15) is 31.4 Å². The molecule has 4 rings (SSSR count). The van der Waals surface area contributed by atoms with Crippen molar-refractivity contribution >= 4 is 39.5 Å². The summed E-state index contributed by atoms with van der Waals surface area (Å²) in [4.78, 5) is 30.3. The lowest BCUT2D eigenvalue weighted by atomic mass is 10.1. The normalized spacial score (nSPS) is 14.5. The summed E-state index contributed by atoms with van der Waals surface area (Å²) in [6.07, 6.45) is 1.45. The van der Waals surface area contributed by atoms with Crippen molar-refractivity contribution in [1.29, 1.82) is 0 Å². The number of nitrogens with one attached hydrogen (secondary N) is 2. The Labute approximate surface area is 185 Å². The predicted molar refractivity (Wildman–Crippen MR) is 125 cm³/mol. The second-order valence-electron chi connectivity index (χ2n) is 7.80. The Balaban J connectivity index is 1.43. The van der Waals surface area contributed by atoms with Gasteiger partial charge in [-0.3, -0.25) is 9.59 Å². The molecule has 0 aliphatic carbocycles. The molecule has 0 atom stereocenters. The second kappa shape index (κ2) is 8.95. The van der Waals surface area contributed by atoms with Crippen LogP contribution in [-0.2, 0) is 0 Å². The molecular formula is C23H26N4O3S. The topological polar surface area (TPSA) is 77.8 Å². The Morgan fingerprint density at radius 2 is 1.74 bits per heavy atom. The fraction of sp³-hybridized carbons (Fsp3) is 0.304. The molecule has 31 heavy (non-hydrogen) atoms. The van der Waals surface area contributed by atoms with Gasteiger partial charge in [-0.2, -0.15) is 0 Å². The van der Waals surface area contributed by atoms with Crippen LogP contribution in [0.4, 0.5) is 16.4 Å². The Morgan fingerprint density at radius 3 is 2.42 bits per heavy atom. The van der Waals surface area contributed by atoms with Crippen LogP contribution >= 0.6 is 11.3 Å². The molecule has 3 heterocycles. The molecule has 8 heteroatoms. The summed E-state index contributed by atoms with van der Waals surface area (Å²) in [5.74, 6) is -0.297. The van der Waals surface area contributed by atoms with Gasteiger partial charge < -0.3 is 24.9 Å². The smallest absolute Gasteiger partial charge is 0.291 e. The van der Waals surface area contributed by atoms with Crippen LogP contribution in [0.3, 0.4) is 0 Å². The van der Waals surface area contributed by atoms with E-state index in [1.54, 1.807) is 18.2 Å². The monoisotopic (exact) mass is 438 g/mol. The fourth-order valence-electron chi connectivity index (χ4n) is 3.67. The first-order valence-electron chi connectivity index (χ1n) is 10.2. The number of carbonyl (C=O) groups excluding carboxylic acids is 2. The Hall–Kier alpha value is -3.10. The van der Waals surface area contributed by atoms with Crippen LogP contribution in [-0.4, -0.2) is 49.9 Å². The lowest BCUT2D eigenvalue weighted by molar-refractivity contribution is 0.0995. The fourth-order valence-corrected chi connectivity index (χ4v) is 4.64. The largest absolute Gasteiger partial charge is 0.459 e. The van der Waals surface area contributed by atoms with E-state index in [-0.39, 0.29) is 17.6 Å². The highest BCUT2D eigenvalue weighted by Crippen LogP contribution is 2.29. The molecule has 162 valence electrons. The Kier molecular flexibility index (Phi) is 6.11. The van der Waals surface area contributed by atoms with E-state index in [9.17, 15) is 9.59 Å². The summed E-state index contributed by atoms with van der Waals surface area (Å²) in [6.45, 7) is 8.04. The van der Waals surface area contributed by atoms with Crippen LogP contribution in [0.25, 0.3) is 0 Å². The summed E-state index contributed by atoms with van der Waals surface area (Å²) < 4.78 is 5.11. The van der Waals surface area contributed by atoms with Crippen molar-refractivity contribution in [3.8, 4) is 0 Å². The summed E-state index contributed by atoms with van der Waals surface area (Å²) in [5.41, 5.74) is 3.91. The highest BCUT2D eigenvalue weighted by molar-refractivity contribution is 7.18. The minimum absolute atomic E-state index is 0.187. The van der Waals surface area contributed by atoms with Crippen molar-refractivity contribution in [2.45, 2.75) is 13.8 Å². The van der Waals surface area contributed by atoms with Crippen molar-refractivity contribution in [3.63, 3.8) is 0 Å². The molecule has 0 bridgehead atoms. The Morgan fingerprint density at radius 1 is 0.968 bits per heavy atom. The highest BCUT2D eigenvalue weighted by Gasteiger charge is 2.19. The number of thiophene rings is 1. The number of amides is 2. The van der Waals surface area contributed by atoms with E-state index in [4.69, 9.17) is 4.42 Å². The van der Waals surface area contributed by atoms with Gasteiger partial charge in [-0.05, 0) is 68.4 Å². The molecule has 2 N–H and O–H groups in total. The molecule has 0 spiro atoms. The van der Waals surface area contributed by atoms with Crippen molar-refractivity contribution in [3.05, 3.63) is 64.4 Å². The van der Waals surface area contributed by atoms with E-state index in [1.165, 1.54) is 23.3 Å². The molecule has 2 amide bonds. The average molecular weight is 439 g/mol. The van der Waals surface area contributed by atoms with Crippen molar-refractivity contribution in [2.75, 3.05) is 48.8 Å². The molecular weight excluding hydrogens is 412 g/mol. The molecule has 1 aliphatic heterocycles. The summed E-state index contributed by atoms with van der Waals surface area (Å²) in [6, 6.07) is 11.1. The van der Waals surface area contributed by atoms with Crippen molar-refractivity contribution in [1.82, 2.24) is 4.90 Å². The highest BCUT2D eigenvalue weighted by atomic mass is 32.1. The Bertz CT molecular complexity index is 1080. The van der Waals surface area contributed by atoms with Gasteiger partial charge in [0.1, 0.15) is 0 Å². The minimum Gasteiger partial charge on any atom is -0.459 e. The van der Waals surface area contributed by atoms with Gasteiger partial charge in [0, 0.05) is 37.6 Å². The molecule has 1 aromatic carbocycles. The number of rotatable bonds is 5. The number of hydrogen-bond acceptors (Lipinski definition) is 6. The first-order valence-corrected chi connectivity index (χ1v) is 11.0. The summed E-state index contributed by atoms with van der Waals surface area (Å²) in [7, 11) is 2.14. The maximum Gasteiger partial charge on any atom is 0.291 e. The predicted octanol–water partition coefficient (Wildman–Crippen LogP) is 4.21. The minimum atomic E-state index is -0.340. The molecule has 0 radical (unpaired) electrons. The van der Waals surface area contributed by atoms with E-state index in [0.717, 1.165) is 43.0 Å². The number of aryl methyl sites for hydroxylation is 2. The number of piperazine rings is 1. The first-order chi connectivity index (χ1) is 14.9. The third kappa shape index (κ3) is 4.81. The average Bonchev–Trinajstić information content (AvgIpc) is 3.39. The molecule has 1 saturated heterocycles. The number of carbonyl (C=O) groups is 2. The molecule has 0 saturated carbocycles. The van der Waals surface area contributed by atoms with Crippen molar-refractivity contribution < 1.29 is 14.0 Å². The molecule has 0 unspecified atom stereocenters. The maximum absolute atomic E-state index is 12.8. The number of anilines is 3. The van der Waals surface area contributed by atoms with Crippen LogP contribution in [0.2, 0.25) is 0 Å². The van der Waals surface area contributed by atoms with Gasteiger partial charge >= 0.3 is 0 Å². The maximum atomic E-state index is 12.8. The quantitative estimate of drug-likeness (QED) is 0.624. The number of nitrogens with zero attached hydrogens (tertiary/aromatic N) is 2. The first kappa shape index (κ1) is 21.1. The zero-order chi connectivity index (χ0) is 22.0. The SMILES string of the molecule is Cc1cc(NC(=O)c2sc(NC(=O)c3ccco3)cc2C)ccc1N1CCN(C)CC1. The van der Waals surface area contributed by atoms with Crippen LogP contribution in [0, 0.1) is 13.8 Å². The second-order valence-corrected chi connectivity index (χ2v) is 8.85. The lowest BCUT2D eigenvalue weighted by Gasteiger charge is -2.35. The third-order valence-electron chi connectivity index (χ3n) is 5.40. The van der Waals surface area contributed by atoms with Crippen LogP contribution in [0.15, 0.2) is 47.1 Å². The molecule has 7 nitrogen and oxygen atoms in total. The van der Waals surface area contributed by atoms with E-state index >= 15 is 0 Å². The van der Waals surface area contributed by atoms with Gasteiger partial charge in [-0.25, -0.2) is 0 Å². The van der Waals surface area contributed by atoms with E-state index in [1.807, 2.05) is 19.1 Å². The molecule has 2 aromatic heterocycles. The zero-order valence-corrected chi connectivity index (χ0v) is 18.7. The number of likely N-dealkylation sites (N-methyl/N-ethyl adjacent to an activating group) is 1. The molecule has 1 aliphatic rings. The van der Waals surface area contributed by atoms with Crippen molar-refractivity contribution in [2.24, 2.45) is 0 Å². The van der Waals surface area contributed by atoms with Crippen LogP contribution < -0.4 is 15.5 Å². The standard InChI is InChI=1S/C23H26N4O3S/c1-15-13-17(6-7-18(15)27-10-8-26(3)9-11-27)24-23(29)21-16(2)14-20(31-21)25-22(28)19-5-4-12-30-19/h4-7,12-14H,8-11H2,1-3H3,(H,24,29)(H,25,28). The number of hydrogen-bond donors (Lipinski definition) is 2. The van der Waals surface area contributed by atoms with Crippen LogP contribution in [0.5, 0.6) is 0 Å². The number of benzene rings is 1.